The summed E-state index contributed by atoms with van der Waals surface area (Å²) in [6.07, 6.45) is 2.31. The number of hydrogen-bond acceptors (Lipinski definition) is 5. The monoisotopic (exact) mass is 386 g/mol. The highest BCUT2D eigenvalue weighted by molar-refractivity contribution is 7.19. The van der Waals surface area contributed by atoms with E-state index in [4.69, 9.17) is 10.7 Å². The van der Waals surface area contributed by atoms with Gasteiger partial charge in [-0.3, -0.25) is 4.99 Å². The molecule has 1 saturated carbocycles. The second-order valence-corrected chi connectivity index (χ2v) is 8.02. The van der Waals surface area contributed by atoms with Crippen molar-refractivity contribution in [2.24, 2.45) is 10.9 Å². The Morgan fingerprint density at radius 3 is 2.81 bits per heavy atom. The van der Waals surface area contributed by atoms with E-state index in [0.717, 1.165) is 27.0 Å². The van der Waals surface area contributed by atoms with Crippen molar-refractivity contribution in [3.8, 4) is 11.3 Å². The standard InChI is InChI=1S/C20H20F2N4S/c1-10-15-3-4-16(13-7-14(8-24-2)19(23)25-9-13)26-20(15)27-17(10)11-5-12(6-11)18(21)22/h3-4,7-9,11-12,18H,5-6H2,1-2H3,(H2,23,25). The number of hydrogen-bond donors (Lipinski definition) is 1. The lowest BCUT2D eigenvalue weighted by Gasteiger charge is -2.34. The van der Waals surface area contributed by atoms with Crippen LogP contribution in [0.4, 0.5) is 14.6 Å². The van der Waals surface area contributed by atoms with Crippen LogP contribution < -0.4 is 5.73 Å². The molecule has 2 N–H and O–H groups in total. The minimum absolute atomic E-state index is 0.234. The van der Waals surface area contributed by atoms with Crippen molar-refractivity contribution in [1.82, 2.24) is 9.97 Å². The van der Waals surface area contributed by atoms with E-state index in [1.54, 1.807) is 30.8 Å². The lowest BCUT2D eigenvalue weighted by Crippen LogP contribution is -2.27. The number of anilines is 1. The Hall–Kier alpha value is -2.41. The molecule has 3 aromatic heterocycles. The molecule has 140 valence electrons. The van der Waals surface area contributed by atoms with Crippen molar-refractivity contribution < 1.29 is 8.78 Å². The van der Waals surface area contributed by atoms with Crippen LogP contribution in [0.25, 0.3) is 21.5 Å². The van der Waals surface area contributed by atoms with Crippen molar-refractivity contribution >= 4 is 33.6 Å². The van der Waals surface area contributed by atoms with E-state index >= 15 is 0 Å². The van der Waals surface area contributed by atoms with Gasteiger partial charge >= 0.3 is 0 Å². The van der Waals surface area contributed by atoms with E-state index in [9.17, 15) is 8.78 Å². The molecule has 7 heteroatoms. The summed E-state index contributed by atoms with van der Waals surface area (Å²) in [6.45, 7) is 2.06. The molecule has 4 rings (SSSR count). The minimum atomic E-state index is -2.21. The van der Waals surface area contributed by atoms with Gasteiger partial charge in [-0.1, -0.05) is 0 Å². The maximum absolute atomic E-state index is 12.8. The third-order valence-electron chi connectivity index (χ3n) is 5.26. The summed E-state index contributed by atoms with van der Waals surface area (Å²) in [5, 5.41) is 1.10. The Morgan fingerprint density at radius 1 is 1.33 bits per heavy atom. The Bertz CT molecular complexity index is 1020. The molecule has 0 unspecified atom stereocenters. The van der Waals surface area contributed by atoms with E-state index < -0.39 is 12.3 Å². The largest absolute Gasteiger partial charge is 0.383 e. The molecule has 0 aromatic carbocycles. The fourth-order valence-electron chi connectivity index (χ4n) is 3.62. The highest BCUT2D eigenvalue weighted by atomic mass is 32.1. The number of aryl methyl sites for hydroxylation is 1. The summed E-state index contributed by atoms with van der Waals surface area (Å²) >= 11 is 1.62. The maximum atomic E-state index is 12.8. The van der Waals surface area contributed by atoms with E-state index in [1.807, 2.05) is 12.1 Å². The normalized spacial score (nSPS) is 19.9. The van der Waals surface area contributed by atoms with Crippen molar-refractivity contribution in [1.29, 1.82) is 0 Å². The quantitative estimate of drug-likeness (QED) is 0.638. The van der Waals surface area contributed by atoms with Crippen LogP contribution in [0.5, 0.6) is 0 Å². The first-order valence-electron chi connectivity index (χ1n) is 8.84. The molecule has 0 bridgehead atoms. The molecule has 27 heavy (non-hydrogen) atoms. The van der Waals surface area contributed by atoms with E-state index in [1.165, 1.54) is 10.4 Å². The Labute approximate surface area is 160 Å². The Kier molecular flexibility index (Phi) is 4.63. The van der Waals surface area contributed by atoms with Gasteiger partial charge < -0.3 is 5.73 Å². The van der Waals surface area contributed by atoms with E-state index in [-0.39, 0.29) is 5.92 Å². The summed E-state index contributed by atoms with van der Waals surface area (Å²) in [7, 11) is 1.69. The molecular formula is C20H20F2N4S. The van der Waals surface area contributed by atoms with Gasteiger partial charge in [-0.25, -0.2) is 18.7 Å². The SMILES string of the molecule is CN=Cc1cc(-c2ccc3c(C)c(C4CC(C(F)F)C4)sc3n2)cnc1N. The Morgan fingerprint density at radius 2 is 2.11 bits per heavy atom. The van der Waals surface area contributed by atoms with Crippen molar-refractivity contribution in [2.45, 2.75) is 32.1 Å². The van der Waals surface area contributed by atoms with Gasteiger partial charge in [0.25, 0.3) is 0 Å². The fourth-order valence-corrected chi connectivity index (χ4v) is 4.93. The number of halogens is 2. The number of aliphatic imine (C=N–C) groups is 1. The summed E-state index contributed by atoms with van der Waals surface area (Å²) in [5.41, 5.74) is 9.49. The molecule has 0 saturated heterocycles. The van der Waals surface area contributed by atoms with Crippen molar-refractivity contribution in [3.63, 3.8) is 0 Å². The van der Waals surface area contributed by atoms with Crippen LogP contribution in [0.3, 0.4) is 0 Å². The number of fused-ring (bicyclic) bond motifs is 1. The van der Waals surface area contributed by atoms with Crippen LogP contribution in [-0.4, -0.2) is 29.7 Å². The van der Waals surface area contributed by atoms with Gasteiger partial charge in [0, 0.05) is 46.8 Å². The number of pyridine rings is 2. The minimum Gasteiger partial charge on any atom is -0.383 e. The van der Waals surface area contributed by atoms with Gasteiger partial charge in [0.1, 0.15) is 10.6 Å². The smallest absolute Gasteiger partial charge is 0.241 e. The van der Waals surface area contributed by atoms with Gasteiger partial charge in [-0.05, 0) is 49.4 Å². The third-order valence-corrected chi connectivity index (χ3v) is 6.62. The van der Waals surface area contributed by atoms with Crippen LogP contribution in [0.2, 0.25) is 0 Å². The average Bonchev–Trinajstić information content (AvgIpc) is 2.91. The number of alkyl halides is 2. The Balaban J connectivity index is 1.68. The van der Waals surface area contributed by atoms with Crippen LogP contribution in [0.1, 0.15) is 34.8 Å². The third kappa shape index (κ3) is 3.20. The molecule has 4 nitrogen and oxygen atoms in total. The van der Waals surface area contributed by atoms with Crippen molar-refractivity contribution in [2.75, 3.05) is 12.8 Å². The highest BCUT2D eigenvalue weighted by Crippen LogP contribution is 2.49. The van der Waals surface area contributed by atoms with Crippen LogP contribution in [0, 0.1) is 12.8 Å². The van der Waals surface area contributed by atoms with Gasteiger partial charge in [-0.2, -0.15) is 0 Å². The zero-order valence-electron chi connectivity index (χ0n) is 15.1. The summed E-state index contributed by atoms with van der Waals surface area (Å²) in [5.74, 6) is 0.207. The van der Waals surface area contributed by atoms with Crippen LogP contribution >= 0.6 is 11.3 Å². The number of thiophene rings is 1. The lowest BCUT2D eigenvalue weighted by atomic mass is 9.73. The van der Waals surface area contributed by atoms with Gasteiger partial charge in [0.05, 0.1) is 5.69 Å². The zero-order chi connectivity index (χ0) is 19.1. The zero-order valence-corrected chi connectivity index (χ0v) is 15.9. The number of rotatable bonds is 4. The molecule has 0 aliphatic heterocycles. The molecule has 3 aromatic rings. The number of nitrogens with two attached hydrogens (primary N) is 1. The first kappa shape index (κ1) is 18.0. The molecule has 0 amide bonds. The number of nitrogens with zero attached hydrogens (tertiary/aromatic N) is 3. The first-order chi connectivity index (χ1) is 13.0. The lowest BCUT2D eigenvalue weighted by molar-refractivity contribution is 0.0232. The first-order valence-corrected chi connectivity index (χ1v) is 9.65. The number of nitrogen functional groups attached to an aromatic ring is 1. The summed E-state index contributed by atoms with van der Waals surface area (Å²) in [6, 6.07) is 5.94. The molecule has 1 aliphatic carbocycles. The van der Waals surface area contributed by atoms with Crippen molar-refractivity contribution in [3.05, 3.63) is 40.4 Å². The van der Waals surface area contributed by atoms with E-state index in [0.29, 0.717) is 18.7 Å². The topological polar surface area (TPSA) is 64.2 Å². The molecular weight excluding hydrogens is 366 g/mol. The number of aromatic nitrogens is 2. The second kappa shape index (κ2) is 6.96. The summed E-state index contributed by atoms with van der Waals surface area (Å²) < 4.78 is 25.6. The van der Waals surface area contributed by atoms with E-state index in [2.05, 4.69) is 23.0 Å². The molecule has 0 atom stereocenters. The molecule has 0 spiro atoms. The molecule has 3 heterocycles. The maximum Gasteiger partial charge on any atom is 0.241 e. The molecule has 0 radical (unpaired) electrons. The van der Waals surface area contributed by atoms with Crippen LogP contribution in [-0.2, 0) is 0 Å². The van der Waals surface area contributed by atoms with Gasteiger partial charge in [0.15, 0.2) is 0 Å². The second-order valence-electron chi connectivity index (χ2n) is 6.99. The predicted molar refractivity (Wildman–Crippen MR) is 107 cm³/mol. The highest BCUT2D eigenvalue weighted by Gasteiger charge is 2.38. The molecule has 1 fully saturated rings. The fraction of sp³-hybridized carbons (Fsp3) is 0.350. The van der Waals surface area contributed by atoms with Gasteiger partial charge in [-0.15, -0.1) is 11.3 Å². The average molecular weight is 386 g/mol. The summed E-state index contributed by atoms with van der Waals surface area (Å²) in [4.78, 5) is 15.2. The van der Waals surface area contributed by atoms with Crippen LogP contribution in [0.15, 0.2) is 29.4 Å². The van der Waals surface area contributed by atoms with Gasteiger partial charge in [0.2, 0.25) is 6.43 Å². The predicted octanol–water partition coefficient (Wildman–Crippen LogP) is 5.06. The molecule has 1 aliphatic rings.